The van der Waals surface area contributed by atoms with Crippen molar-refractivity contribution in [2.45, 2.75) is 25.8 Å². The molecule has 1 aliphatic rings. The number of carbonyl (C=O) groups is 1. The monoisotopic (exact) mass is 335 g/mol. The first-order valence-electron chi connectivity index (χ1n) is 8.51. The Kier molecular flexibility index (Phi) is 3.53. The molecule has 1 unspecified atom stereocenters. The van der Waals surface area contributed by atoms with Crippen molar-refractivity contribution >= 4 is 22.6 Å². The zero-order chi connectivity index (χ0) is 17.7. The van der Waals surface area contributed by atoms with Crippen LogP contribution in [0.15, 0.2) is 47.3 Å². The van der Waals surface area contributed by atoms with E-state index in [-0.39, 0.29) is 17.6 Å². The van der Waals surface area contributed by atoms with Crippen LogP contribution in [0.3, 0.4) is 0 Å². The number of hydrogen-bond donors (Lipinski definition) is 0. The van der Waals surface area contributed by atoms with E-state index in [2.05, 4.69) is 13.0 Å². The summed E-state index contributed by atoms with van der Waals surface area (Å²) in [6.45, 7) is 2.09. The molecule has 0 saturated carbocycles. The average molecular weight is 335 g/mol. The van der Waals surface area contributed by atoms with Gasteiger partial charge in [-0.2, -0.15) is 0 Å². The van der Waals surface area contributed by atoms with Crippen molar-refractivity contribution < 1.29 is 4.79 Å². The van der Waals surface area contributed by atoms with Crippen LogP contribution >= 0.6 is 0 Å². The number of rotatable bonds is 2. The van der Waals surface area contributed by atoms with Crippen molar-refractivity contribution in [3.8, 4) is 0 Å². The van der Waals surface area contributed by atoms with Crippen LogP contribution in [0, 0.1) is 0 Å². The number of amides is 1. The Hall–Kier alpha value is -2.82. The van der Waals surface area contributed by atoms with E-state index in [0.717, 1.165) is 28.7 Å². The van der Waals surface area contributed by atoms with Gasteiger partial charge in [0.15, 0.2) is 0 Å². The highest BCUT2D eigenvalue weighted by Crippen LogP contribution is 2.32. The van der Waals surface area contributed by atoms with Crippen molar-refractivity contribution in [2.24, 2.45) is 14.1 Å². The van der Waals surface area contributed by atoms with Crippen LogP contribution in [-0.2, 0) is 31.7 Å². The summed E-state index contributed by atoms with van der Waals surface area (Å²) in [6.07, 6.45) is 1.23. The Labute approximate surface area is 146 Å². The van der Waals surface area contributed by atoms with Crippen molar-refractivity contribution in [3.63, 3.8) is 0 Å². The molecule has 1 amide bonds. The van der Waals surface area contributed by atoms with E-state index in [0.29, 0.717) is 6.42 Å². The Morgan fingerprint density at radius 1 is 1.08 bits per heavy atom. The van der Waals surface area contributed by atoms with Gasteiger partial charge in [0.1, 0.15) is 0 Å². The number of para-hydroxylation sites is 1. The van der Waals surface area contributed by atoms with Crippen LogP contribution in [-0.4, -0.2) is 21.1 Å². The number of fused-ring (bicyclic) bond motifs is 2. The summed E-state index contributed by atoms with van der Waals surface area (Å²) in [4.78, 5) is 26.9. The smallest absolute Gasteiger partial charge is 0.309 e. The molecule has 5 heteroatoms. The third-order valence-corrected chi connectivity index (χ3v) is 5.17. The zero-order valence-corrected chi connectivity index (χ0v) is 14.7. The molecule has 1 aliphatic heterocycles. The first-order valence-corrected chi connectivity index (χ1v) is 8.51. The molecule has 128 valence electrons. The molecule has 1 aromatic heterocycles. The van der Waals surface area contributed by atoms with Crippen LogP contribution in [0.25, 0.3) is 11.0 Å². The summed E-state index contributed by atoms with van der Waals surface area (Å²) in [6, 6.07) is 14.1. The van der Waals surface area contributed by atoms with Crippen molar-refractivity contribution in [3.05, 3.63) is 64.1 Å². The molecule has 0 radical (unpaired) electrons. The van der Waals surface area contributed by atoms with E-state index >= 15 is 0 Å². The lowest BCUT2D eigenvalue weighted by atomic mass is 10.1. The molecule has 0 N–H and O–H groups in total. The Balaban J connectivity index is 1.66. The van der Waals surface area contributed by atoms with E-state index in [1.165, 1.54) is 5.56 Å². The lowest BCUT2D eigenvalue weighted by molar-refractivity contribution is -0.118. The van der Waals surface area contributed by atoms with E-state index < -0.39 is 0 Å². The second kappa shape index (κ2) is 5.62. The summed E-state index contributed by atoms with van der Waals surface area (Å²) in [5, 5.41) is 0. The first kappa shape index (κ1) is 15.7. The molecule has 0 saturated heterocycles. The van der Waals surface area contributed by atoms with Gasteiger partial charge in [0.2, 0.25) is 5.91 Å². The van der Waals surface area contributed by atoms with Crippen LogP contribution in [0.2, 0.25) is 0 Å². The number of anilines is 1. The van der Waals surface area contributed by atoms with E-state index in [1.807, 2.05) is 41.3 Å². The second-order valence-electron chi connectivity index (χ2n) is 6.85. The summed E-state index contributed by atoms with van der Waals surface area (Å²) < 4.78 is 3.25. The van der Waals surface area contributed by atoms with Gasteiger partial charge in [-0.05, 0) is 42.7 Å². The maximum Gasteiger partial charge on any atom is 0.328 e. The zero-order valence-electron chi connectivity index (χ0n) is 14.7. The minimum atomic E-state index is -0.0550. The Bertz CT molecular complexity index is 1040. The molecule has 2 heterocycles. The predicted molar refractivity (Wildman–Crippen MR) is 99.0 cm³/mol. The highest BCUT2D eigenvalue weighted by atomic mass is 16.2. The van der Waals surface area contributed by atoms with Gasteiger partial charge >= 0.3 is 5.69 Å². The summed E-state index contributed by atoms with van der Waals surface area (Å²) in [5.74, 6) is 0.0951. The number of aromatic nitrogens is 2. The van der Waals surface area contributed by atoms with E-state index in [4.69, 9.17) is 0 Å². The topological polar surface area (TPSA) is 47.2 Å². The maximum atomic E-state index is 12.9. The predicted octanol–water partition coefficient (Wildman–Crippen LogP) is 2.40. The molecule has 3 aromatic rings. The van der Waals surface area contributed by atoms with Gasteiger partial charge in [-0.3, -0.25) is 13.9 Å². The van der Waals surface area contributed by atoms with Gasteiger partial charge in [0.25, 0.3) is 0 Å². The largest absolute Gasteiger partial charge is 0.328 e. The van der Waals surface area contributed by atoms with Crippen LogP contribution in [0.4, 0.5) is 5.69 Å². The Morgan fingerprint density at radius 2 is 1.80 bits per heavy atom. The summed E-state index contributed by atoms with van der Waals surface area (Å²) in [7, 11) is 3.52. The van der Waals surface area contributed by atoms with Gasteiger partial charge in [-0.1, -0.05) is 24.3 Å². The Morgan fingerprint density at radius 3 is 2.60 bits per heavy atom. The van der Waals surface area contributed by atoms with Crippen molar-refractivity contribution in [1.82, 2.24) is 9.13 Å². The lowest BCUT2D eigenvalue weighted by Crippen LogP contribution is -2.36. The molecule has 0 spiro atoms. The maximum absolute atomic E-state index is 12.9. The molecule has 0 aliphatic carbocycles. The molecule has 0 bridgehead atoms. The molecule has 4 rings (SSSR count). The van der Waals surface area contributed by atoms with Crippen LogP contribution < -0.4 is 10.6 Å². The molecule has 25 heavy (non-hydrogen) atoms. The normalized spacial score (nSPS) is 16.4. The van der Waals surface area contributed by atoms with E-state index in [9.17, 15) is 9.59 Å². The van der Waals surface area contributed by atoms with Crippen molar-refractivity contribution in [1.29, 1.82) is 0 Å². The van der Waals surface area contributed by atoms with Crippen molar-refractivity contribution in [2.75, 3.05) is 4.90 Å². The molecule has 1 atom stereocenters. The molecule has 2 aromatic carbocycles. The number of carbonyl (C=O) groups excluding carboxylic acids is 1. The van der Waals surface area contributed by atoms with Gasteiger partial charge in [0, 0.05) is 25.8 Å². The summed E-state index contributed by atoms with van der Waals surface area (Å²) in [5.41, 5.74) is 4.85. The molecule has 0 fully saturated rings. The third-order valence-electron chi connectivity index (χ3n) is 5.17. The van der Waals surface area contributed by atoms with Crippen LogP contribution in [0.1, 0.15) is 18.1 Å². The number of hydrogen-bond acceptors (Lipinski definition) is 2. The van der Waals surface area contributed by atoms with Gasteiger partial charge in [-0.15, -0.1) is 0 Å². The minimum Gasteiger partial charge on any atom is -0.309 e. The SMILES string of the molecule is CC1Cc2ccccc2N1C(=O)Cc1ccc2c(c1)n(C)c(=O)n2C. The fourth-order valence-electron chi connectivity index (χ4n) is 3.87. The second-order valence-corrected chi connectivity index (χ2v) is 6.85. The quantitative estimate of drug-likeness (QED) is 0.722. The van der Waals surface area contributed by atoms with Gasteiger partial charge < -0.3 is 4.90 Å². The molecular formula is C20H21N3O2. The molecule has 5 nitrogen and oxygen atoms in total. The molecular weight excluding hydrogens is 314 g/mol. The number of aryl methyl sites for hydroxylation is 2. The third kappa shape index (κ3) is 2.38. The fraction of sp³-hybridized carbons (Fsp3) is 0.300. The van der Waals surface area contributed by atoms with Gasteiger partial charge in [-0.25, -0.2) is 4.79 Å². The van der Waals surface area contributed by atoms with Gasteiger partial charge in [0.05, 0.1) is 17.5 Å². The standard InChI is InChI=1S/C20H21N3O2/c1-13-10-15-6-4-5-7-16(15)23(13)19(24)12-14-8-9-17-18(11-14)22(3)20(25)21(17)2/h4-9,11,13H,10,12H2,1-3H3. The highest BCUT2D eigenvalue weighted by molar-refractivity contribution is 5.97. The van der Waals surface area contributed by atoms with E-state index in [1.54, 1.807) is 23.2 Å². The fourth-order valence-corrected chi connectivity index (χ4v) is 3.87. The number of benzene rings is 2. The minimum absolute atomic E-state index is 0.0550. The van der Waals surface area contributed by atoms with Crippen LogP contribution in [0.5, 0.6) is 0 Å². The summed E-state index contributed by atoms with van der Waals surface area (Å²) >= 11 is 0. The lowest BCUT2D eigenvalue weighted by Gasteiger charge is -2.22. The average Bonchev–Trinajstić information content (AvgIpc) is 3.04. The highest BCUT2D eigenvalue weighted by Gasteiger charge is 2.30. The number of imidazole rings is 1. The number of nitrogens with zero attached hydrogens (tertiary/aromatic N) is 3. The first-order chi connectivity index (χ1) is 12.0.